The number of piperidine rings is 1. The van der Waals surface area contributed by atoms with E-state index in [1.165, 1.54) is 0 Å². The maximum absolute atomic E-state index is 9.88. The molecule has 0 aromatic heterocycles. The summed E-state index contributed by atoms with van der Waals surface area (Å²) in [6, 6.07) is 0. The van der Waals surface area contributed by atoms with E-state index in [1.807, 2.05) is 20.8 Å². The van der Waals surface area contributed by atoms with E-state index >= 15 is 0 Å². The van der Waals surface area contributed by atoms with Gasteiger partial charge in [0.2, 0.25) is 0 Å². The van der Waals surface area contributed by atoms with Crippen molar-refractivity contribution in [1.82, 2.24) is 4.90 Å². The van der Waals surface area contributed by atoms with Crippen LogP contribution in [0.15, 0.2) is 5.16 Å². The lowest BCUT2D eigenvalue weighted by molar-refractivity contribution is -0.00560. The van der Waals surface area contributed by atoms with E-state index in [-0.39, 0.29) is 5.41 Å². The largest absolute Gasteiger partial charge is 0.409 e. The molecule has 1 aliphatic heterocycles. The Bertz CT molecular complexity index is 304. The number of nitrogens with two attached hydrogens (primary N) is 1. The van der Waals surface area contributed by atoms with E-state index in [9.17, 15) is 5.11 Å². The molecule has 1 fully saturated rings. The van der Waals surface area contributed by atoms with Crippen molar-refractivity contribution < 1.29 is 10.3 Å². The minimum atomic E-state index is -0.468. The van der Waals surface area contributed by atoms with Gasteiger partial charge in [-0.15, -0.1) is 0 Å². The van der Waals surface area contributed by atoms with Crippen LogP contribution < -0.4 is 5.73 Å². The number of amidine groups is 1. The zero-order valence-corrected chi connectivity index (χ0v) is 12.5. The molecule has 0 radical (unpaired) electrons. The van der Waals surface area contributed by atoms with Crippen LogP contribution in [0.3, 0.4) is 0 Å². The molecule has 1 saturated heterocycles. The van der Waals surface area contributed by atoms with E-state index < -0.39 is 5.60 Å². The van der Waals surface area contributed by atoms with Crippen LogP contribution in [-0.4, -0.2) is 46.3 Å². The maximum Gasteiger partial charge on any atom is 0.144 e. The number of oxime groups is 1. The Balaban J connectivity index is 2.18. The summed E-state index contributed by atoms with van der Waals surface area (Å²) in [5.41, 5.74) is 4.96. The summed E-state index contributed by atoms with van der Waals surface area (Å²) in [5, 5.41) is 21.7. The van der Waals surface area contributed by atoms with Crippen LogP contribution in [0.25, 0.3) is 0 Å². The zero-order valence-electron chi connectivity index (χ0n) is 12.5. The van der Waals surface area contributed by atoms with Crippen LogP contribution in [0.4, 0.5) is 0 Å². The van der Waals surface area contributed by atoms with Gasteiger partial charge in [0.15, 0.2) is 0 Å². The molecular formula is C14H29N3O2. The Kier molecular flexibility index (Phi) is 5.62. The van der Waals surface area contributed by atoms with Crippen LogP contribution in [0.5, 0.6) is 0 Å². The molecule has 0 saturated carbocycles. The number of nitrogens with zero attached hydrogens (tertiary/aromatic N) is 2. The quantitative estimate of drug-likeness (QED) is 0.226. The second-order valence-corrected chi connectivity index (χ2v) is 6.66. The van der Waals surface area contributed by atoms with Gasteiger partial charge < -0.3 is 20.9 Å². The summed E-state index contributed by atoms with van der Waals surface area (Å²) in [6.45, 7) is 8.96. The van der Waals surface area contributed by atoms with Gasteiger partial charge in [0, 0.05) is 18.5 Å². The van der Waals surface area contributed by atoms with Crippen molar-refractivity contribution in [2.75, 3.05) is 19.6 Å². The highest BCUT2D eigenvalue weighted by molar-refractivity contribution is 5.85. The number of hydrogen-bond donors (Lipinski definition) is 3. The predicted molar refractivity (Wildman–Crippen MR) is 77.3 cm³/mol. The molecule has 112 valence electrons. The molecule has 0 unspecified atom stereocenters. The summed E-state index contributed by atoms with van der Waals surface area (Å²) in [5.74, 6) is 0.307. The van der Waals surface area contributed by atoms with Crippen LogP contribution in [0, 0.1) is 5.41 Å². The predicted octanol–water partition coefficient (Wildman–Crippen LogP) is 1.78. The molecule has 0 aliphatic carbocycles. The normalized spacial score (nSPS) is 21.6. The number of likely N-dealkylation sites (tertiary alicyclic amines) is 1. The van der Waals surface area contributed by atoms with Gasteiger partial charge in [-0.2, -0.15) is 0 Å². The van der Waals surface area contributed by atoms with Gasteiger partial charge in [-0.1, -0.05) is 25.4 Å². The summed E-state index contributed by atoms with van der Waals surface area (Å²) in [4.78, 5) is 2.41. The van der Waals surface area contributed by atoms with Gasteiger partial charge in [0.1, 0.15) is 5.84 Å². The third-order valence-corrected chi connectivity index (χ3v) is 4.26. The fourth-order valence-corrected chi connectivity index (χ4v) is 2.42. The molecule has 0 atom stereocenters. The van der Waals surface area contributed by atoms with E-state index in [0.717, 1.165) is 51.7 Å². The van der Waals surface area contributed by atoms with Gasteiger partial charge >= 0.3 is 0 Å². The summed E-state index contributed by atoms with van der Waals surface area (Å²) in [7, 11) is 0. The lowest BCUT2D eigenvalue weighted by Crippen LogP contribution is -2.42. The average molecular weight is 271 g/mol. The second kappa shape index (κ2) is 6.57. The van der Waals surface area contributed by atoms with Crippen molar-refractivity contribution in [1.29, 1.82) is 0 Å². The van der Waals surface area contributed by atoms with Gasteiger partial charge in [-0.25, -0.2) is 0 Å². The Labute approximate surface area is 116 Å². The Morgan fingerprint density at radius 3 is 2.42 bits per heavy atom. The van der Waals surface area contributed by atoms with Crippen molar-refractivity contribution in [3.05, 3.63) is 0 Å². The van der Waals surface area contributed by atoms with Gasteiger partial charge in [0.05, 0.1) is 5.60 Å². The molecule has 1 heterocycles. The minimum Gasteiger partial charge on any atom is -0.409 e. The van der Waals surface area contributed by atoms with Crippen molar-refractivity contribution in [2.45, 2.75) is 58.5 Å². The second-order valence-electron chi connectivity index (χ2n) is 6.66. The summed E-state index contributed by atoms with van der Waals surface area (Å²) in [6.07, 6.45) is 4.83. The first-order valence-corrected chi connectivity index (χ1v) is 7.20. The van der Waals surface area contributed by atoms with Crippen LogP contribution >= 0.6 is 0 Å². The van der Waals surface area contributed by atoms with Crippen LogP contribution in [0.2, 0.25) is 0 Å². The molecule has 0 spiro atoms. The van der Waals surface area contributed by atoms with Crippen LogP contribution in [0.1, 0.15) is 52.9 Å². The molecule has 19 heavy (non-hydrogen) atoms. The van der Waals surface area contributed by atoms with E-state index in [2.05, 4.69) is 10.1 Å². The first-order chi connectivity index (χ1) is 8.77. The standard InChI is InChI=1S/C14H29N3O2/c1-13(2,12(15)16-19)6-4-5-9-17-10-7-14(3,18)8-11-17/h18-19H,4-11H2,1-3H3,(H2,15,16). The van der Waals surface area contributed by atoms with Gasteiger partial charge in [0.25, 0.3) is 0 Å². The molecular weight excluding hydrogens is 242 g/mol. The first-order valence-electron chi connectivity index (χ1n) is 7.20. The molecule has 5 nitrogen and oxygen atoms in total. The van der Waals surface area contributed by atoms with Crippen LogP contribution in [-0.2, 0) is 0 Å². The number of rotatable bonds is 6. The van der Waals surface area contributed by atoms with E-state index in [0.29, 0.717) is 5.84 Å². The van der Waals surface area contributed by atoms with Gasteiger partial charge in [-0.3, -0.25) is 0 Å². The third-order valence-electron chi connectivity index (χ3n) is 4.26. The molecule has 0 bridgehead atoms. The Morgan fingerprint density at radius 2 is 1.89 bits per heavy atom. The lowest BCUT2D eigenvalue weighted by Gasteiger charge is -2.35. The van der Waals surface area contributed by atoms with E-state index in [1.54, 1.807) is 0 Å². The summed E-state index contributed by atoms with van der Waals surface area (Å²) >= 11 is 0. The topological polar surface area (TPSA) is 82.1 Å². The Hall–Kier alpha value is -0.810. The average Bonchev–Trinajstić information content (AvgIpc) is 2.35. The van der Waals surface area contributed by atoms with Gasteiger partial charge in [-0.05, 0) is 39.2 Å². The number of unbranched alkanes of at least 4 members (excludes halogenated alkanes) is 1. The zero-order chi connectivity index (χ0) is 14.5. The SMILES string of the molecule is CC1(O)CCN(CCCCC(C)(C)C(N)=NO)CC1. The fraction of sp³-hybridized carbons (Fsp3) is 0.929. The molecule has 1 rings (SSSR count). The van der Waals surface area contributed by atoms with Crippen molar-refractivity contribution in [3.8, 4) is 0 Å². The van der Waals surface area contributed by atoms with Crippen molar-refractivity contribution in [2.24, 2.45) is 16.3 Å². The van der Waals surface area contributed by atoms with Crippen molar-refractivity contribution >= 4 is 5.84 Å². The smallest absolute Gasteiger partial charge is 0.144 e. The third kappa shape index (κ3) is 5.37. The maximum atomic E-state index is 9.88. The minimum absolute atomic E-state index is 0.236. The number of aliphatic hydroxyl groups is 1. The molecule has 0 aromatic carbocycles. The Morgan fingerprint density at radius 1 is 1.32 bits per heavy atom. The molecule has 1 aliphatic rings. The highest BCUT2D eigenvalue weighted by Gasteiger charge is 2.27. The molecule has 0 amide bonds. The monoisotopic (exact) mass is 271 g/mol. The highest BCUT2D eigenvalue weighted by atomic mass is 16.4. The molecule has 4 N–H and O–H groups in total. The lowest BCUT2D eigenvalue weighted by atomic mass is 9.86. The number of hydrogen-bond acceptors (Lipinski definition) is 4. The first kappa shape index (κ1) is 16.2. The summed E-state index contributed by atoms with van der Waals surface area (Å²) < 4.78 is 0. The van der Waals surface area contributed by atoms with E-state index in [4.69, 9.17) is 10.9 Å². The molecule has 5 heteroatoms. The fourth-order valence-electron chi connectivity index (χ4n) is 2.42. The highest BCUT2D eigenvalue weighted by Crippen LogP contribution is 2.24. The van der Waals surface area contributed by atoms with Crippen molar-refractivity contribution in [3.63, 3.8) is 0 Å². The molecule has 0 aromatic rings.